The van der Waals surface area contributed by atoms with E-state index in [4.69, 9.17) is 0 Å². The van der Waals surface area contributed by atoms with Crippen molar-refractivity contribution >= 4 is 28.6 Å². The lowest BCUT2D eigenvalue weighted by molar-refractivity contribution is -0.112. The molecule has 3 N–H and O–H groups in total. The van der Waals surface area contributed by atoms with Crippen molar-refractivity contribution in [3.8, 4) is 0 Å². The fourth-order valence-corrected chi connectivity index (χ4v) is 2.78. The molecule has 10 heteroatoms. The number of amides is 1. The zero-order valence-corrected chi connectivity index (χ0v) is 17.4. The molecule has 2 aromatic heterocycles. The molecular weight excluding hydrogens is 421 g/mol. The first kappa shape index (κ1) is 22.7. The number of carbonyl (C=O) groups excluding carboxylic acids is 1. The number of halogens is 3. The van der Waals surface area contributed by atoms with Gasteiger partial charge < -0.3 is 10.6 Å². The number of aromatic amines is 1. The Morgan fingerprint density at radius 2 is 2.03 bits per heavy atom. The summed E-state index contributed by atoms with van der Waals surface area (Å²) in [5, 5.41) is 12.6. The second kappa shape index (κ2) is 9.46. The lowest BCUT2D eigenvalue weighted by atomic mass is 10.1. The number of rotatable bonds is 7. The maximum Gasteiger partial charge on any atom is 0.415 e. The summed E-state index contributed by atoms with van der Waals surface area (Å²) in [5.41, 5.74) is 1.61. The summed E-state index contributed by atoms with van der Waals surface area (Å²) >= 11 is 0. The maximum absolute atomic E-state index is 12.6. The van der Waals surface area contributed by atoms with E-state index in [0.717, 1.165) is 17.7 Å². The summed E-state index contributed by atoms with van der Waals surface area (Å²) in [5.74, 6) is 0.0157. The van der Waals surface area contributed by atoms with Crippen LogP contribution >= 0.6 is 0 Å². The first-order chi connectivity index (χ1) is 15.2. The lowest BCUT2D eigenvalue weighted by Gasteiger charge is -2.16. The van der Waals surface area contributed by atoms with Crippen LogP contribution in [-0.2, 0) is 4.79 Å². The van der Waals surface area contributed by atoms with Gasteiger partial charge in [-0.25, -0.2) is 9.97 Å². The monoisotopic (exact) mass is 442 g/mol. The molecule has 7 nitrogen and oxygen atoms in total. The van der Waals surface area contributed by atoms with Gasteiger partial charge in [0.2, 0.25) is 0 Å². The number of fused-ring (bicyclic) bond motifs is 1. The van der Waals surface area contributed by atoms with Crippen molar-refractivity contribution in [2.45, 2.75) is 26.1 Å². The van der Waals surface area contributed by atoms with E-state index in [2.05, 4.69) is 37.4 Å². The third kappa shape index (κ3) is 5.60. The van der Waals surface area contributed by atoms with Crippen LogP contribution in [0.4, 0.5) is 24.7 Å². The highest BCUT2D eigenvalue weighted by molar-refractivity contribution is 6.05. The second-order valence-electron chi connectivity index (χ2n) is 6.91. The topological polar surface area (TPSA) is 95.6 Å². The summed E-state index contributed by atoms with van der Waals surface area (Å²) in [6.07, 6.45) is 1.91. The van der Waals surface area contributed by atoms with Crippen molar-refractivity contribution in [3.63, 3.8) is 0 Å². The van der Waals surface area contributed by atoms with Crippen molar-refractivity contribution in [1.82, 2.24) is 20.2 Å². The Labute approximate surface area is 182 Å². The summed E-state index contributed by atoms with van der Waals surface area (Å²) < 4.78 is 37.8. The number of hydrogen-bond donors (Lipinski definition) is 3. The molecule has 0 bridgehead atoms. The van der Waals surface area contributed by atoms with Crippen LogP contribution in [0.1, 0.15) is 25.5 Å². The van der Waals surface area contributed by atoms with Crippen LogP contribution in [0.15, 0.2) is 72.6 Å². The molecule has 1 aromatic carbocycles. The molecule has 1 unspecified atom stereocenters. The molecular formula is C22H21F3N6O. The van der Waals surface area contributed by atoms with Crippen molar-refractivity contribution < 1.29 is 18.0 Å². The van der Waals surface area contributed by atoms with Gasteiger partial charge in [-0.15, -0.1) is 0 Å². The molecule has 0 saturated carbocycles. The number of allylic oxidation sites excluding steroid dienone is 3. The van der Waals surface area contributed by atoms with E-state index in [9.17, 15) is 18.0 Å². The minimum atomic E-state index is -4.55. The molecule has 32 heavy (non-hydrogen) atoms. The van der Waals surface area contributed by atoms with Crippen LogP contribution in [0.25, 0.3) is 11.2 Å². The Hall–Kier alpha value is -3.95. The molecule has 2 heterocycles. The van der Waals surface area contributed by atoms with E-state index in [1.54, 1.807) is 37.5 Å². The molecule has 1 amide bonds. The molecule has 3 aromatic rings. The molecule has 0 radical (unpaired) electrons. The first-order valence-electron chi connectivity index (χ1n) is 9.62. The quantitative estimate of drug-likeness (QED) is 0.350. The predicted molar refractivity (Wildman–Crippen MR) is 117 cm³/mol. The summed E-state index contributed by atoms with van der Waals surface area (Å²) in [4.78, 5) is 21.1. The Morgan fingerprint density at radius 1 is 1.25 bits per heavy atom. The summed E-state index contributed by atoms with van der Waals surface area (Å²) in [6, 6.07) is 6.93. The molecule has 0 spiro atoms. The highest BCUT2D eigenvalue weighted by Gasteiger charge is 2.29. The Bertz CT molecular complexity index is 1200. The average Bonchev–Trinajstić information content (AvgIpc) is 3.21. The largest absolute Gasteiger partial charge is 0.415 e. The number of aromatic nitrogens is 4. The van der Waals surface area contributed by atoms with Crippen LogP contribution in [0.2, 0.25) is 0 Å². The molecule has 3 rings (SSSR count). The van der Waals surface area contributed by atoms with Crippen LogP contribution in [0.3, 0.4) is 0 Å². The van der Waals surface area contributed by atoms with Gasteiger partial charge in [-0.05, 0) is 43.7 Å². The number of carbonyl (C=O) groups is 1. The number of hydrogen-bond acceptors (Lipinski definition) is 5. The molecule has 0 saturated heterocycles. The predicted octanol–water partition coefficient (Wildman–Crippen LogP) is 5.09. The van der Waals surface area contributed by atoms with Gasteiger partial charge in [0, 0.05) is 16.8 Å². The molecule has 0 aliphatic heterocycles. The van der Waals surface area contributed by atoms with Gasteiger partial charge >= 0.3 is 6.18 Å². The van der Waals surface area contributed by atoms with Gasteiger partial charge in [0.15, 0.2) is 5.65 Å². The number of alkyl halides is 3. The van der Waals surface area contributed by atoms with Crippen molar-refractivity contribution in [3.05, 3.63) is 78.2 Å². The minimum Gasteiger partial charge on any atom is -0.362 e. The van der Waals surface area contributed by atoms with Gasteiger partial charge in [0.25, 0.3) is 5.91 Å². The molecule has 166 valence electrons. The Kier molecular flexibility index (Phi) is 6.72. The number of nitrogens with one attached hydrogen (secondary N) is 3. The standard InChI is InChI=1S/C22H21F3N6O/c1-4-15(9-8-13(2)22(23,24)25)21(32)29-17-7-5-6-16(10-17)14(3)28-19-12-26-18-11-27-31-20(18)30-19/h4-12,14H,2H2,1,3H3,(H,29,32)(H2,27,28,30,31)/b9-8-,15-4+. The highest BCUT2D eigenvalue weighted by atomic mass is 19.4. The van der Waals surface area contributed by atoms with Crippen molar-refractivity contribution in [2.75, 3.05) is 10.6 Å². The number of benzene rings is 1. The highest BCUT2D eigenvalue weighted by Crippen LogP contribution is 2.25. The minimum absolute atomic E-state index is 0.0788. The average molecular weight is 442 g/mol. The van der Waals surface area contributed by atoms with E-state index in [1.165, 1.54) is 6.08 Å². The van der Waals surface area contributed by atoms with Crippen LogP contribution in [-0.4, -0.2) is 32.2 Å². The zero-order valence-electron chi connectivity index (χ0n) is 17.4. The van der Waals surface area contributed by atoms with E-state index in [-0.39, 0.29) is 11.6 Å². The smallest absolute Gasteiger partial charge is 0.362 e. The van der Waals surface area contributed by atoms with Gasteiger partial charge in [0.05, 0.1) is 18.4 Å². The van der Waals surface area contributed by atoms with Gasteiger partial charge in [-0.3, -0.25) is 9.89 Å². The van der Waals surface area contributed by atoms with Gasteiger partial charge in [-0.2, -0.15) is 18.3 Å². The van der Waals surface area contributed by atoms with Gasteiger partial charge in [0.1, 0.15) is 11.3 Å². The summed E-state index contributed by atoms with van der Waals surface area (Å²) in [6.45, 7) is 6.45. The molecule has 0 aliphatic rings. The first-order valence-corrected chi connectivity index (χ1v) is 9.62. The zero-order chi connectivity index (χ0) is 23.3. The fourth-order valence-electron chi connectivity index (χ4n) is 2.78. The van der Waals surface area contributed by atoms with Crippen LogP contribution in [0, 0.1) is 0 Å². The van der Waals surface area contributed by atoms with E-state index < -0.39 is 17.7 Å². The fraction of sp³-hybridized carbons (Fsp3) is 0.182. The van der Waals surface area contributed by atoms with Crippen molar-refractivity contribution in [2.24, 2.45) is 0 Å². The third-order valence-electron chi connectivity index (χ3n) is 4.57. The maximum atomic E-state index is 12.6. The van der Waals surface area contributed by atoms with E-state index in [0.29, 0.717) is 22.7 Å². The van der Waals surface area contributed by atoms with Gasteiger partial charge in [-0.1, -0.05) is 24.8 Å². The lowest BCUT2D eigenvalue weighted by Crippen LogP contribution is -2.15. The van der Waals surface area contributed by atoms with E-state index in [1.807, 2.05) is 13.0 Å². The normalized spacial score (nSPS) is 13.3. The third-order valence-corrected chi connectivity index (χ3v) is 4.57. The van der Waals surface area contributed by atoms with Crippen molar-refractivity contribution in [1.29, 1.82) is 0 Å². The number of nitrogens with zero attached hydrogens (tertiary/aromatic N) is 3. The second-order valence-corrected chi connectivity index (χ2v) is 6.91. The molecule has 0 fully saturated rings. The Morgan fingerprint density at radius 3 is 2.75 bits per heavy atom. The van der Waals surface area contributed by atoms with Crippen LogP contribution < -0.4 is 10.6 Å². The number of anilines is 2. The van der Waals surface area contributed by atoms with E-state index >= 15 is 0 Å². The number of H-pyrrole nitrogens is 1. The molecule has 1 atom stereocenters. The molecule has 0 aliphatic carbocycles. The summed E-state index contributed by atoms with van der Waals surface area (Å²) in [7, 11) is 0. The SMILES string of the molecule is C=C(/C=C\C(=C/C)C(=O)Nc1cccc(C(C)Nc2cnc3cn[nH]c3n2)c1)C(F)(F)F. The van der Waals surface area contributed by atoms with Crippen LogP contribution in [0.5, 0.6) is 0 Å². The Balaban J connectivity index is 1.68.